The highest BCUT2D eigenvalue weighted by atomic mass is 16.5. The molecule has 1 aliphatic heterocycles. The van der Waals surface area contributed by atoms with Crippen LogP contribution in [0.2, 0.25) is 0 Å². The number of likely N-dealkylation sites (N-methyl/N-ethyl adjacent to an activating group) is 1. The summed E-state index contributed by atoms with van der Waals surface area (Å²) in [6.45, 7) is 1.72. The standard InChI is InChI=1S/C12H15NO4/c1-7-12(14)13(2)8-5-10(15-3)11(16-4)6-9(8)17-7/h5-7H,1-4H3. The molecule has 1 aromatic rings. The van der Waals surface area contributed by atoms with Gasteiger partial charge in [-0.1, -0.05) is 0 Å². The van der Waals surface area contributed by atoms with Crippen molar-refractivity contribution in [2.75, 3.05) is 26.2 Å². The van der Waals surface area contributed by atoms with Crippen molar-refractivity contribution in [3.63, 3.8) is 0 Å². The summed E-state index contributed by atoms with van der Waals surface area (Å²) in [5, 5.41) is 0. The van der Waals surface area contributed by atoms with E-state index in [1.807, 2.05) is 0 Å². The van der Waals surface area contributed by atoms with Gasteiger partial charge in [0.15, 0.2) is 17.6 Å². The van der Waals surface area contributed by atoms with Gasteiger partial charge in [-0.3, -0.25) is 4.79 Å². The fourth-order valence-electron chi connectivity index (χ4n) is 1.84. The maximum Gasteiger partial charge on any atom is 0.267 e. The molecule has 0 spiro atoms. The van der Waals surface area contributed by atoms with E-state index >= 15 is 0 Å². The number of nitrogens with zero attached hydrogens (tertiary/aromatic N) is 1. The maximum absolute atomic E-state index is 11.8. The monoisotopic (exact) mass is 237 g/mol. The molecule has 1 atom stereocenters. The molecule has 1 heterocycles. The van der Waals surface area contributed by atoms with E-state index in [4.69, 9.17) is 14.2 Å². The average molecular weight is 237 g/mol. The lowest BCUT2D eigenvalue weighted by Crippen LogP contribution is -2.41. The van der Waals surface area contributed by atoms with E-state index in [2.05, 4.69) is 0 Å². The Hall–Kier alpha value is -1.91. The Labute approximate surface area is 99.9 Å². The Morgan fingerprint density at radius 2 is 1.82 bits per heavy atom. The molecule has 0 aromatic heterocycles. The van der Waals surface area contributed by atoms with Crippen LogP contribution in [0.25, 0.3) is 0 Å². The first kappa shape index (κ1) is 11.6. The number of carbonyl (C=O) groups excluding carboxylic acids is 1. The van der Waals surface area contributed by atoms with Crippen LogP contribution in [0.5, 0.6) is 17.2 Å². The SMILES string of the molecule is COc1cc2c(cc1OC)N(C)C(=O)C(C)O2. The second kappa shape index (κ2) is 4.16. The van der Waals surface area contributed by atoms with Crippen LogP contribution in [-0.2, 0) is 4.79 Å². The van der Waals surface area contributed by atoms with Gasteiger partial charge in [0.2, 0.25) is 0 Å². The van der Waals surface area contributed by atoms with Crippen LogP contribution < -0.4 is 19.1 Å². The number of anilines is 1. The summed E-state index contributed by atoms with van der Waals surface area (Å²) in [7, 11) is 4.83. The van der Waals surface area contributed by atoms with Gasteiger partial charge in [0.25, 0.3) is 5.91 Å². The van der Waals surface area contributed by atoms with Gasteiger partial charge in [-0.25, -0.2) is 0 Å². The average Bonchev–Trinajstić information content (AvgIpc) is 2.34. The molecule has 17 heavy (non-hydrogen) atoms. The summed E-state index contributed by atoms with van der Waals surface area (Å²) in [5.41, 5.74) is 0.686. The van der Waals surface area contributed by atoms with Crippen molar-refractivity contribution in [1.82, 2.24) is 0 Å². The van der Waals surface area contributed by atoms with Crippen molar-refractivity contribution >= 4 is 11.6 Å². The molecule has 0 saturated carbocycles. The van der Waals surface area contributed by atoms with Gasteiger partial charge in [0.05, 0.1) is 19.9 Å². The van der Waals surface area contributed by atoms with E-state index in [1.54, 1.807) is 45.2 Å². The van der Waals surface area contributed by atoms with E-state index in [-0.39, 0.29) is 5.91 Å². The lowest BCUT2D eigenvalue weighted by atomic mass is 10.2. The van der Waals surface area contributed by atoms with Crippen molar-refractivity contribution in [2.45, 2.75) is 13.0 Å². The molecular weight excluding hydrogens is 222 g/mol. The number of fused-ring (bicyclic) bond motifs is 1. The number of methoxy groups -OCH3 is 2. The van der Waals surface area contributed by atoms with Crippen LogP contribution in [0.3, 0.4) is 0 Å². The molecule has 0 saturated heterocycles. The van der Waals surface area contributed by atoms with Crippen LogP contribution in [0.15, 0.2) is 12.1 Å². The number of hydrogen-bond acceptors (Lipinski definition) is 4. The van der Waals surface area contributed by atoms with Crippen LogP contribution in [0.4, 0.5) is 5.69 Å². The van der Waals surface area contributed by atoms with Crippen LogP contribution in [-0.4, -0.2) is 33.3 Å². The van der Waals surface area contributed by atoms with Crippen molar-refractivity contribution in [3.8, 4) is 17.2 Å². The van der Waals surface area contributed by atoms with Crippen LogP contribution in [0, 0.1) is 0 Å². The Bertz CT molecular complexity index is 458. The molecule has 1 aromatic carbocycles. The normalized spacial score (nSPS) is 18.5. The van der Waals surface area contributed by atoms with E-state index in [0.717, 1.165) is 0 Å². The molecular formula is C12H15NO4. The van der Waals surface area contributed by atoms with Gasteiger partial charge in [0.1, 0.15) is 5.75 Å². The minimum atomic E-state index is -0.481. The highest BCUT2D eigenvalue weighted by Crippen LogP contribution is 2.42. The smallest absolute Gasteiger partial charge is 0.267 e. The minimum Gasteiger partial charge on any atom is -0.493 e. The lowest BCUT2D eigenvalue weighted by molar-refractivity contribution is -0.125. The second-order valence-corrected chi connectivity index (χ2v) is 3.83. The van der Waals surface area contributed by atoms with Gasteiger partial charge in [0, 0.05) is 19.2 Å². The van der Waals surface area contributed by atoms with Crippen molar-refractivity contribution in [2.24, 2.45) is 0 Å². The number of amides is 1. The Morgan fingerprint density at radius 1 is 1.24 bits per heavy atom. The minimum absolute atomic E-state index is 0.0790. The van der Waals surface area contributed by atoms with E-state index in [1.165, 1.54) is 0 Å². The maximum atomic E-state index is 11.8. The van der Waals surface area contributed by atoms with Gasteiger partial charge < -0.3 is 19.1 Å². The van der Waals surface area contributed by atoms with Crippen molar-refractivity contribution in [3.05, 3.63) is 12.1 Å². The van der Waals surface area contributed by atoms with Gasteiger partial charge in [-0.2, -0.15) is 0 Å². The Balaban J connectivity index is 2.53. The molecule has 5 heteroatoms. The first-order valence-electron chi connectivity index (χ1n) is 5.28. The number of ether oxygens (including phenoxy) is 3. The van der Waals surface area contributed by atoms with Gasteiger partial charge in [-0.15, -0.1) is 0 Å². The highest BCUT2D eigenvalue weighted by Gasteiger charge is 2.30. The predicted octanol–water partition coefficient (Wildman–Crippen LogP) is 1.45. The molecule has 0 bridgehead atoms. The molecule has 1 amide bonds. The molecule has 0 N–H and O–H groups in total. The quantitative estimate of drug-likeness (QED) is 0.781. The zero-order chi connectivity index (χ0) is 12.6. The Kier molecular flexibility index (Phi) is 2.83. The van der Waals surface area contributed by atoms with Gasteiger partial charge >= 0.3 is 0 Å². The highest BCUT2D eigenvalue weighted by molar-refractivity contribution is 5.99. The van der Waals surface area contributed by atoms with Gasteiger partial charge in [-0.05, 0) is 6.92 Å². The zero-order valence-electron chi connectivity index (χ0n) is 10.3. The third kappa shape index (κ3) is 1.77. The van der Waals surface area contributed by atoms with Crippen LogP contribution >= 0.6 is 0 Å². The fraction of sp³-hybridized carbons (Fsp3) is 0.417. The first-order chi connectivity index (χ1) is 8.08. The van der Waals surface area contributed by atoms with Crippen molar-refractivity contribution < 1.29 is 19.0 Å². The summed E-state index contributed by atoms with van der Waals surface area (Å²) in [6, 6.07) is 3.46. The molecule has 1 aliphatic rings. The van der Waals surface area contributed by atoms with E-state index < -0.39 is 6.10 Å². The van der Waals surface area contributed by atoms with Crippen LogP contribution in [0.1, 0.15) is 6.92 Å². The Morgan fingerprint density at radius 3 is 2.41 bits per heavy atom. The molecule has 92 valence electrons. The third-order valence-electron chi connectivity index (χ3n) is 2.81. The summed E-state index contributed by atoms with van der Waals surface area (Å²) in [5.74, 6) is 1.70. The number of hydrogen-bond donors (Lipinski definition) is 0. The largest absolute Gasteiger partial charge is 0.493 e. The summed E-state index contributed by atoms with van der Waals surface area (Å²) in [4.78, 5) is 13.3. The number of benzene rings is 1. The summed E-state index contributed by atoms with van der Waals surface area (Å²) < 4.78 is 15.9. The first-order valence-corrected chi connectivity index (χ1v) is 5.28. The van der Waals surface area contributed by atoms with E-state index in [9.17, 15) is 4.79 Å². The molecule has 0 aliphatic carbocycles. The second-order valence-electron chi connectivity index (χ2n) is 3.83. The summed E-state index contributed by atoms with van der Waals surface area (Å²) >= 11 is 0. The molecule has 0 radical (unpaired) electrons. The number of carbonyl (C=O) groups is 1. The fourth-order valence-corrected chi connectivity index (χ4v) is 1.84. The molecule has 0 fully saturated rings. The predicted molar refractivity (Wildman–Crippen MR) is 63.0 cm³/mol. The lowest BCUT2D eigenvalue weighted by Gasteiger charge is -2.30. The summed E-state index contributed by atoms with van der Waals surface area (Å²) in [6.07, 6.45) is -0.481. The third-order valence-corrected chi connectivity index (χ3v) is 2.81. The topological polar surface area (TPSA) is 48.0 Å². The molecule has 2 rings (SSSR count). The molecule has 5 nitrogen and oxygen atoms in total. The van der Waals surface area contributed by atoms with E-state index in [0.29, 0.717) is 22.9 Å². The number of rotatable bonds is 2. The van der Waals surface area contributed by atoms with Crippen molar-refractivity contribution in [1.29, 1.82) is 0 Å². The molecule has 1 unspecified atom stereocenters. The zero-order valence-corrected chi connectivity index (χ0v) is 10.3.